The largest absolute Gasteiger partial charge is 0.323 e. The number of aryl methyl sites for hydroxylation is 1. The minimum Gasteiger partial charge on any atom is -0.323 e. The smallest absolute Gasteiger partial charge is 0.238 e. The van der Waals surface area contributed by atoms with Gasteiger partial charge < -0.3 is 10.6 Å². The van der Waals surface area contributed by atoms with Crippen molar-refractivity contribution in [2.75, 3.05) is 18.4 Å². The average Bonchev–Trinajstić information content (AvgIpc) is 2.22. The number of amides is 1. The quantitative estimate of drug-likeness (QED) is 0.559. The van der Waals surface area contributed by atoms with Gasteiger partial charge in [0.25, 0.3) is 0 Å². The first kappa shape index (κ1) is 11.4. The molecule has 0 fully saturated rings. The monoisotopic (exact) mass is 205 g/mol. The van der Waals surface area contributed by atoms with Gasteiger partial charge >= 0.3 is 0 Å². The Morgan fingerprint density at radius 2 is 2.47 bits per heavy atom. The first-order chi connectivity index (χ1) is 7.24. The van der Waals surface area contributed by atoms with Crippen LogP contribution in [-0.2, 0) is 4.79 Å². The normalized spacial score (nSPS) is 9.67. The van der Waals surface area contributed by atoms with Crippen LogP contribution >= 0.6 is 0 Å². The second-order valence-corrected chi connectivity index (χ2v) is 3.16. The second kappa shape index (κ2) is 5.93. The maximum atomic E-state index is 11.4. The lowest BCUT2D eigenvalue weighted by molar-refractivity contribution is -0.115. The third-order valence-corrected chi connectivity index (χ3v) is 1.89. The van der Waals surface area contributed by atoms with E-state index in [1.54, 1.807) is 18.5 Å². The minimum atomic E-state index is -0.0760. The molecule has 0 unspecified atom stereocenters. The van der Waals surface area contributed by atoms with E-state index in [0.717, 1.165) is 11.3 Å². The molecule has 4 heteroatoms. The van der Waals surface area contributed by atoms with Crippen molar-refractivity contribution < 1.29 is 4.79 Å². The molecule has 0 radical (unpaired) electrons. The van der Waals surface area contributed by atoms with Crippen molar-refractivity contribution in [2.45, 2.75) is 6.92 Å². The molecule has 0 aromatic carbocycles. The van der Waals surface area contributed by atoms with Crippen molar-refractivity contribution in [3.8, 4) is 0 Å². The Morgan fingerprint density at radius 1 is 1.67 bits per heavy atom. The van der Waals surface area contributed by atoms with Crippen LogP contribution in [0.2, 0.25) is 0 Å². The summed E-state index contributed by atoms with van der Waals surface area (Å²) in [6.07, 6.45) is 5.05. The molecule has 0 spiro atoms. The number of rotatable bonds is 5. The van der Waals surface area contributed by atoms with Gasteiger partial charge in [0.05, 0.1) is 18.4 Å². The molecule has 0 saturated carbocycles. The Kier molecular flexibility index (Phi) is 4.50. The van der Waals surface area contributed by atoms with E-state index in [1.165, 1.54) is 0 Å². The number of hydrogen-bond acceptors (Lipinski definition) is 3. The van der Waals surface area contributed by atoms with Crippen molar-refractivity contribution in [1.29, 1.82) is 0 Å². The van der Waals surface area contributed by atoms with Gasteiger partial charge in [0.1, 0.15) is 0 Å². The lowest BCUT2D eigenvalue weighted by Gasteiger charge is -2.07. The fourth-order valence-electron chi connectivity index (χ4n) is 1.08. The third-order valence-electron chi connectivity index (χ3n) is 1.89. The first-order valence-corrected chi connectivity index (χ1v) is 4.76. The Labute approximate surface area is 89.4 Å². The van der Waals surface area contributed by atoms with E-state index >= 15 is 0 Å². The zero-order chi connectivity index (χ0) is 11.1. The Hall–Kier alpha value is -1.68. The van der Waals surface area contributed by atoms with Crippen LogP contribution in [0.5, 0.6) is 0 Å². The molecule has 15 heavy (non-hydrogen) atoms. The van der Waals surface area contributed by atoms with Gasteiger partial charge in [0, 0.05) is 12.7 Å². The van der Waals surface area contributed by atoms with E-state index in [4.69, 9.17) is 0 Å². The first-order valence-electron chi connectivity index (χ1n) is 4.76. The number of aromatic nitrogens is 1. The summed E-state index contributed by atoms with van der Waals surface area (Å²) >= 11 is 0. The topological polar surface area (TPSA) is 54.0 Å². The molecule has 0 atom stereocenters. The molecule has 1 heterocycles. The van der Waals surface area contributed by atoms with Crippen molar-refractivity contribution in [1.82, 2.24) is 10.3 Å². The fraction of sp³-hybridized carbons (Fsp3) is 0.273. The highest BCUT2D eigenvalue weighted by atomic mass is 16.1. The number of carbonyl (C=O) groups excluding carboxylic acids is 1. The molecule has 0 bridgehead atoms. The molecule has 0 aliphatic rings. The number of pyridine rings is 1. The molecule has 0 aliphatic heterocycles. The zero-order valence-corrected chi connectivity index (χ0v) is 8.79. The van der Waals surface area contributed by atoms with E-state index in [1.807, 2.05) is 13.0 Å². The third kappa shape index (κ3) is 3.91. The summed E-state index contributed by atoms with van der Waals surface area (Å²) in [6.45, 7) is 6.38. The number of nitrogens with zero attached hydrogens (tertiary/aromatic N) is 1. The van der Waals surface area contributed by atoms with Crippen LogP contribution in [0.4, 0.5) is 5.69 Å². The fourth-order valence-corrected chi connectivity index (χ4v) is 1.08. The van der Waals surface area contributed by atoms with Gasteiger partial charge in [-0.3, -0.25) is 9.78 Å². The average molecular weight is 205 g/mol. The number of nitrogens with one attached hydrogen (secondary N) is 2. The van der Waals surface area contributed by atoms with Crippen LogP contribution in [0, 0.1) is 6.92 Å². The molecule has 1 amide bonds. The standard InChI is InChI=1S/C11H15N3O/c1-3-5-12-8-11(15)14-10-7-13-6-4-9(10)2/h3-4,6-7,12H,1,5,8H2,2H3,(H,14,15). The van der Waals surface area contributed by atoms with Gasteiger partial charge in [-0.25, -0.2) is 0 Å². The molecular formula is C11H15N3O. The summed E-state index contributed by atoms with van der Waals surface area (Å²) in [6, 6.07) is 1.85. The van der Waals surface area contributed by atoms with Crippen molar-refractivity contribution in [3.63, 3.8) is 0 Å². The molecule has 0 saturated heterocycles. The van der Waals surface area contributed by atoms with Crippen molar-refractivity contribution >= 4 is 11.6 Å². The molecule has 1 aromatic rings. The van der Waals surface area contributed by atoms with Crippen LogP contribution in [0.25, 0.3) is 0 Å². The molecule has 0 aliphatic carbocycles. The van der Waals surface area contributed by atoms with Gasteiger partial charge in [-0.05, 0) is 18.6 Å². The Bertz CT molecular complexity index is 349. The van der Waals surface area contributed by atoms with E-state index < -0.39 is 0 Å². The molecule has 1 aromatic heterocycles. The van der Waals surface area contributed by atoms with Crippen molar-refractivity contribution in [2.24, 2.45) is 0 Å². The van der Waals surface area contributed by atoms with Crippen molar-refractivity contribution in [3.05, 3.63) is 36.7 Å². The number of carbonyl (C=O) groups is 1. The maximum Gasteiger partial charge on any atom is 0.238 e. The summed E-state index contributed by atoms with van der Waals surface area (Å²) in [4.78, 5) is 15.3. The van der Waals surface area contributed by atoms with E-state index in [9.17, 15) is 4.79 Å². The second-order valence-electron chi connectivity index (χ2n) is 3.16. The van der Waals surface area contributed by atoms with Crippen LogP contribution in [0.3, 0.4) is 0 Å². The summed E-state index contributed by atoms with van der Waals surface area (Å²) < 4.78 is 0. The van der Waals surface area contributed by atoms with Crippen LogP contribution < -0.4 is 10.6 Å². The van der Waals surface area contributed by atoms with Crippen LogP contribution in [0.1, 0.15) is 5.56 Å². The molecule has 80 valence electrons. The Morgan fingerprint density at radius 3 is 3.13 bits per heavy atom. The lowest BCUT2D eigenvalue weighted by Crippen LogP contribution is -2.28. The van der Waals surface area contributed by atoms with Gasteiger partial charge in [-0.15, -0.1) is 6.58 Å². The van der Waals surface area contributed by atoms with Gasteiger partial charge in [0.15, 0.2) is 0 Å². The molecule has 1 rings (SSSR count). The van der Waals surface area contributed by atoms with E-state index in [0.29, 0.717) is 6.54 Å². The highest BCUT2D eigenvalue weighted by Crippen LogP contribution is 2.10. The lowest BCUT2D eigenvalue weighted by atomic mass is 10.2. The zero-order valence-electron chi connectivity index (χ0n) is 8.79. The minimum absolute atomic E-state index is 0.0760. The molecule has 2 N–H and O–H groups in total. The van der Waals surface area contributed by atoms with E-state index in [2.05, 4.69) is 22.2 Å². The highest BCUT2D eigenvalue weighted by molar-refractivity contribution is 5.92. The predicted molar refractivity (Wildman–Crippen MR) is 60.7 cm³/mol. The summed E-state index contributed by atoms with van der Waals surface area (Å²) in [7, 11) is 0. The Balaban J connectivity index is 2.44. The summed E-state index contributed by atoms with van der Waals surface area (Å²) in [5.41, 5.74) is 1.75. The van der Waals surface area contributed by atoms with Gasteiger partial charge in [0.2, 0.25) is 5.91 Å². The maximum absolute atomic E-state index is 11.4. The number of anilines is 1. The molecule has 4 nitrogen and oxygen atoms in total. The SMILES string of the molecule is C=CCNCC(=O)Nc1cnccc1C. The van der Waals surface area contributed by atoms with Gasteiger partial charge in [-0.2, -0.15) is 0 Å². The highest BCUT2D eigenvalue weighted by Gasteiger charge is 2.02. The van der Waals surface area contributed by atoms with Crippen LogP contribution in [0.15, 0.2) is 31.1 Å². The van der Waals surface area contributed by atoms with Crippen LogP contribution in [-0.4, -0.2) is 24.0 Å². The number of hydrogen-bond donors (Lipinski definition) is 2. The van der Waals surface area contributed by atoms with Gasteiger partial charge in [-0.1, -0.05) is 6.08 Å². The predicted octanol–water partition coefficient (Wildman–Crippen LogP) is 1.10. The summed E-state index contributed by atoms with van der Waals surface area (Å²) in [5, 5.41) is 5.69. The van der Waals surface area contributed by atoms with E-state index in [-0.39, 0.29) is 12.5 Å². The molecular weight excluding hydrogens is 190 g/mol. The summed E-state index contributed by atoms with van der Waals surface area (Å²) in [5.74, 6) is -0.0760.